The van der Waals surface area contributed by atoms with Gasteiger partial charge in [0.05, 0.1) is 23.1 Å². The zero-order valence-corrected chi connectivity index (χ0v) is 18.1. The molecule has 6 nitrogen and oxygen atoms in total. The minimum atomic E-state index is -0.211. The van der Waals surface area contributed by atoms with Crippen LogP contribution >= 0.6 is 11.3 Å². The molecule has 5 rings (SSSR count). The van der Waals surface area contributed by atoms with Gasteiger partial charge >= 0.3 is 0 Å². The van der Waals surface area contributed by atoms with E-state index < -0.39 is 0 Å². The summed E-state index contributed by atoms with van der Waals surface area (Å²) in [7, 11) is 0. The topological polar surface area (TPSA) is 72.7 Å². The third-order valence-corrected chi connectivity index (χ3v) is 5.98. The molecular weight excluding hydrogens is 418 g/mol. The molecule has 0 spiro atoms. The molecule has 2 aromatic carbocycles. The molecule has 32 heavy (non-hydrogen) atoms. The fraction of sp³-hybridized carbons (Fsp3) is 0.0400. The second kappa shape index (κ2) is 8.56. The third kappa shape index (κ3) is 3.93. The summed E-state index contributed by atoms with van der Waals surface area (Å²) in [6.45, 7) is 1.85. The first-order valence-electron chi connectivity index (χ1n) is 10.1. The molecule has 7 heteroatoms. The van der Waals surface area contributed by atoms with Crippen molar-refractivity contribution in [1.29, 1.82) is 0 Å². The molecule has 0 atom stereocenters. The van der Waals surface area contributed by atoms with Crippen molar-refractivity contribution >= 4 is 22.9 Å². The zero-order chi connectivity index (χ0) is 21.9. The van der Waals surface area contributed by atoms with Crippen LogP contribution in [0, 0.1) is 6.92 Å². The van der Waals surface area contributed by atoms with E-state index in [1.807, 2.05) is 73.0 Å². The Kier molecular flexibility index (Phi) is 5.31. The summed E-state index contributed by atoms with van der Waals surface area (Å²) in [5, 5.41) is 10.3. The Balaban J connectivity index is 1.31. The van der Waals surface area contributed by atoms with Crippen molar-refractivity contribution < 1.29 is 4.79 Å². The van der Waals surface area contributed by atoms with Gasteiger partial charge in [-0.05, 0) is 31.2 Å². The molecule has 0 aliphatic rings. The highest BCUT2D eigenvalue weighted by atomic mass is 32.1. The van der Waals surface area contributed by atoms with Crippen molar-refractivity contribution in [2.75, 3.05) is 5.32 Å². The second-order valence-corrected chi connectivity index (χ2v) is 8.04. The van der Waals surface area contributed by atoms with Gasteiger partial charge in [-0.3, -0.25) is 4.79 Å². The SMILES string of the molecule is Cc1c(C(=O)Nc2ccc(-c3csc(-c4ccccc4)n3)cc2)cnn1-c1ccccn1. The number of hydrogen-bond acceptors (Lipinski definition) is 5. The van der Waals surface area contributed by atoms with Crippen LogP contribution in [0.4, 0.5) is 5.69 Å². The van der Waals surface area contributed by atoms with Crippen LogP contribution in [0.15, 0.2) is 90.6 Å². The number of nitrogens with zero attached hydrogens (tertiary/aromatic N) is 4. The fourth-order valence-electron chi connectivity index (χ4n) is 3.38. The predicted molar refractivity (Wildman–Crippen MR) is 127 cm³/mol. The van der Waals surface area contributed by atoms with Gasteiger partial charge in [-0.25, -0.2) is 14.6 Å². The van der Waals surface area contributed by atoms with E-state index in [1.54, 1.807) is 28.4 Å². The molecule has 0 aliphatic heterocycles. The van der Waals surface area contributed by atoms with E-state index in [1.165, 1.54) is 0 Å². The van der Waals surface area contributed by atoms with Crippen LogP contribution in [0.5, 0.6) is 0 Å². The molecule has 156 valence electrons. The van der Waals surface area contributed by atoms with Gasteiger partial charge in [0.25, 0.3) is 5.91 Å². The number of carbonyl (C=O) groups is 1. The largest absolute Gasteiger partial charge is 0.322 e. The Bertz CT molecular complexity index is 1360. The number of amides is 1. The molecule has 1 N–H and O–H groups in total. The average molecular weight is 438 g/mol. The number of thiazole rings is 1. The molecule has 0 radical (unpaired) electrons. The van der Waals surface area contributed by atoms with Crippen molar-refractivity contribution in [2.24, 2.45) is 0 Å². The number of nitrogens with one attached hydrogen (secondary N) is 1. The highest BCUT2D eigenvalue weighted by Crippen LogP contribution is 2.29. The van der Waals surface area contributed by atoms with E-state index in [2.05, 4.69) is 27.5 Å². The van der Waals surface area contributed by atoms with Gasteiger partial charge in [-0.15, -0.1) is 11.3 Å². The molecule has 0 saturated carbocycles. The number of rotatable bonds is 5. The van der Waals surface area contributed by atoms with Crippen LogP contribution in [-0.4, -0.2) is 25.7 Å². The van der Waals surface area contributed by atoms with Crippen LogP contribution < -0.4 is 5.32 Å². The first kappa shape index (κ1) is 19.8. The highest BCUT2D eigenvalue weighted by Gasteiger charge is 2.16. The summed E-state index contributed by atoms with van der Waals surface area (Å²) in [6.07, 6.45) is 3.26. The van der Waals surface area contributed by atoms with Crippen molar-refractivity contribution in [1.82, 2.24) is 19.7 Å². The Hall–Kier alpha value is -4.10. The van der Waals surface area contributed by atoms with Gasteiger partial charge in [-0.1, -0.05) is 48.5 Å². The molecule has 0 bridgehead atoms. The van der Waals surface area contributed by atoms with E-state index >= 15 is 0 Å². The van der Waals surface area contributed by atoms with Crippen LogP contribution in [0.1, 0.15) is 16.1 Å². The number of benzene rings is 2. The lowest BCUT2D eigenvalue weighted by molar-refractivity contribution is 0.102. The van der Waals surface area contributed by atoms with Gasteiger partial charge < -0.3 is 5.32 Å². The fourth-order valence-corrected chi connectivity index (χ4v) is 4.22. The van der Waals surface area contributed by atoms with Gasteiger partial charge in [0.1, 0.15) is 5.01 Å². The van der Waals surface area contributed by atoms with E-state index in [9.17, 15) is 4.79 Å². The Labute approximate surface area is 189 Å². The van der Waals surface area contributed by atoms with Crippen LogP contribution in [0.3, 0.4) is 0 Å². The van der Waals surface area contributed by atoms with Crippen molar-refractivity contribution in [3.63, 3.8) is 0 Å². The molecule has 5 aromatic rings. The number of aromatic nitrogens is 4. The summed E-state index contributed by atoms with van der Waals surface area (Å²) < 4.78 is 1.66. The predicted octanol–water partition coefficient (Wildman–Crippen LogP) is 5.62. The van der Waals surface area contributed by atoms with E-state index in [-0.39, 0.29) is 5.91 Å². The quantitative estimate of drug-likeness (QED) is 0.387. The van der Waals surface area contributed by atoms with Crippen LogP contribution in [0.2, 0.25) is 0 Å². The standard InChI is InChI=1S/C25H19N5OS/c1-17-21(15-27-30(17)23-9-5-6-14-26-23)24(31)28-20-12-10-18(11-13-20)22-16-32-25(29-22)19-7-3-2-4-8-19/h2-16H,1H3,(H,28,31). The van der Waals surface area contributed by atoms with Gasteiger partial charge in [-0.2, -0.15) is 5.10 Å². The van der Waals surface area contributed by atoms with Crippen molar-refractivity contribution in [3.8, 4) is 27.6 Å². The Morgan fingerprint density at radius 2 is 1.72 bits per heavy atom. The first-order valence-corrected chi connectivity index (χ1v) is 11.0. The molecule has 0 unspecified atom stereocenters. The van der Waals surface area contributed by atoms with E-state index in [0.29, 0.717) is 17.1 Å². The molecule has 1 amide bonds. The first-order chi connectivity index (χ1) is 15.7. The molecular formula is C25H19N5OS. The normalized spacial score (nSPS) is 10.8. The molecule has 0 aliphatic carbocycles. The average Bonchev–Trinajstić information content (AvgIpc) is 3.48. The lowest BCUT2D eigenvalue weighted by Gasteiger charge is -2.07. The summed E-state index contributed by atoms with van der Waals surface area (Å²) in [4.78, 5) is 21.8. The maximum Gasteiger partial charge on any atom is 0.259 e. The summed E-state index contributed by atoms with van der Waals surface area (Å²) in [5.74, 6) is 0.462. The van der Waals surface area contributed by atoms with Crippen LogP contribution in [0.25, 0.3) is 27.6 Å². The van der Waals surface area contributed by atoms with Gasteiger partial charge in [0.2, 0.25) is 0 Å². The summed E-state index contributed by atoms with van der Waals surface area (Å²) >= 11 is 1.62. The minimum Gasteiger partial charge on any atom is -0.322 e. The lowest BCUT2D eigenvalue weighted by Crippen LogP contribution is -2.13. The monoisotopic (exact) mass is 437 g/mol. The number of hydrogen-bond donors (Lipinski definition) is 1. The molecule has 3 heterocycles. The van der Waals surface area contributed by atoms with E-state index in [0.717, 1.165) is 27.5 Å². The molecule has 3 aromatic heterocycles. The van der Waals surface area contributed by atoms with Crippen molar-refractivity contribution in [3.05, 3.63) is 102 Å². The second-order valence-electron chi connectivity index (χ2n) is 7.18. The smallest absolute Gasteiger partial charge is 0.259 e. The number of carbonyl (C=O) groups excluding carboxylic acids is 1. The van der Waals surface area contributed by atoms with Crippen molar-refractivity contribution in [2.45, 2.75) is 6.92 Å². The summed E-state index contributed by atoms with van der Waals surface area (Å²) in [6, 6.07) is 23.4. The number of pyridine rings is 1. The van der Waals surface area contributed by atoms with E-state index in [4.69, 9.17) is 4.98 Å². The third-order valence-electron chi connectivity index (χ3n) is 5.08. The summed E-state index contributed by atoms with van der Waals surface area (Å²) in [5.41, 5.74) is 4.97. The maximum absolute atomic E-state index is 12.8. The molecule has 0 fully saturated rings. The van der Waals surface area contributed by atoms with Gasteiger partial charge in [0.15, 0.2) is 5.82 Å². The van der Waals surface area contributed by atoms with Gasteiger partial charge in [0, 0.05) is 28.4 Å². The Morgan fingerprint density at radius 1 is 0.938 bits per heavy atom. The number of anilines is 1. The lowest BCUT2D eigenvalue weighted by atomic mass is 10.1. The Morgan fingerprint density at radius 3 is 2.47 bits per heavy atom. The highest BCUT2D eigenvalue weighted by molar-refractivity contribution is 7.13. The minimum absolute atomic E-state index is 0.211. The zero-order valence-electron chi connectivity index (χ0n) is 17.3. The van der Waals surface area contributed by atoms with Crippen LogP contribution in [-0.2, 0) is 0 Å². The molecule has 0 saturated heterocycles. The maximum atomic E-state index is 12.8.